The van der Waals surface area contributed by atoms with Crippen molar-refractivity contribution in [2.24, 2.45) is 0 Å². The van der Waals surface area contributed by atoms with Gasteiger partial charge in [-0.25, -0.2) is 4.98 Å². The van der Waals surface area contributed by atoms with Crippen molar-refractivity contribution in [2.75, 3.05) is 18.0 Å². The molecule has 2 aliphatic heterocycles. The molecule has 1 N–H and O–H groups in total. The molecule has 106 valence electrons. The van der Waals surface area contributed by atoms with E-state index in [0.29, 0.717) is 6.04 Å². The van der Waals surface area contributed by atoms with Crippen LogP contribution in [0.3, 0.4) is 0 Å². The zero-order valence-corrected chi connectivity index (χ0v) is 12.2. The smallest absolute Gasteiger partial charge is 0.205 e. The highest BCUT2D eigenvalue weighted by Gasteiger charge is 2.30. The highest BCUT2D eigenvalue weighted by molar-refractivity contribution is 5.34. The Morgan fingerprint density at radius 3 is 3.00 bits per heavy atom. The molecule has 4 nitrogen and oxygen atoms in total. The molecule has 0 amide bonds. The lowest BCUT2D eigenvalue weighted by atomic mass is 10.1. The van der Waals surface area contributed by atoms with Crippen LogP contribution in [-0.4, -0.2) is 34.7 Å². The molecule has 3 rings (SSSR count). The standard InChI is InChI=1S/C15H26N4/c1-3-4-8-18-10-12(2)16-15(18)19-9-7-13-5-6-14(11-19)17-13/h10,13-14,17H,3-9,11H2,1-2H3. The SMILES string of the molecule is CCCCn1cc(C)nc1N1CCC2CCC(C1)N2. The van der Waals surface area contributed by atoms with Crippen molar-refractivity contribution in [1.82, 2.24) is 14.9 Å². The van der Waals surface area contributed by atoms with Crippen molar-refractivity contribution in [3.8, 4) is 0 Å². The van der Waals surface area contributed by atoms with Crippen LogP contribution in [0.5, 0.6) is 0 Å². The lowest BCUT2D eigenvalue weighted by molar-refractivity contribution is 0.563. The van der Waals surface area contributed by atoms with E-state index in [1.807, 2.05) is 0 Å². The largest absolute Gasteiger partial charge is 0.341 e. The summed E-state index contributed by atoms with van der Waals surface area (Å²) in [5, 5.41) is 3.74. The Morgan fingerprint density at radius 1 is 1.32 bits per heavy atom. The minimum atomic E-state index is 0.670. The molecule has 0 saturated carbocycles. The number of hydrogen-bond acceptors (Lipinski definition) is 3. The van der Waals surface area contributed by atoms with Gasteiger partial charge in [0.2, 0.25) is 5.95 Å². The van der Waals surface area contributed by atoms with Gasteiger partial charge in [-0.2, -0.15) is 0 Å². The van der Waals surface area contributed by atoms with Crippen molar-refractivity contribution >= 4 is 5.95 Å². The molecule has 0 spiro atoms. The average Bonchev–Trinajstić information content (AvgIpc) is 2.90. The fourth-order valence-electron chi connectivity index (χ4n) is 3.40. The summed E-state index contributed by atoms with van der Waals surface area (Å²) in [6, 6.07) is 1.42. The number of fused-ring (bicyclic) bond motifs is 2. The monoisotopic (exact) mass is 262 g/mol. The van der Waals surface area contributed by atoms with Crippen LogP contribution in [0.25, 0.3) is 0 Å². The summed E-state index contributed by atoms with van der Waals surface area (Å²) in [5.41, 5.74) is 1.15. The van der Waals surface area contributed by atoms with Gasteiger partial charge in [-0.15, -0.1) is 0 Å². The molecule has 0 aliphatic carbocycles. The Balaban J connectivity index is 1.76. The first-order chi connectivity index (χ1) is 9.26. The van der Waals surface area contributed by atoms with Gasteiger partial charge in [-0.1, -0.05) is 13.3 Å². The van der Waals surface area contributed by atoms with Crippen LogP contribution in [0.4, 0.5) is 5.95 Å². The Hall–Kier alpha value is -1.03. The zero-order chi connectivity index (χ0) is 13.2. The van der Waals surface area contributed by atoms with Gasteiger partial charge in [0.15, 0.2) is 0 Å². The molecular formula is C15H26N4. The van der Waals surface area contributed by atoms with Gasteiger partial charge in [0.25, 0.3) is 0 Å². The molecule has 2 bridgehead atoms. The van der Waals surface area contributed by atoms with Crippen LogP contribution >= 0.6 is 0 Å². The molecule has 3 heterocycles. The fourth-order valence-corrected chi connectivity index (χ4v) is 3.40. The summed E-state index contributed by atoms with van der Waals surface area (Å²) in [4.78, 5) is 7.27. The van der Waals surface area contributed by atoms with E-state index < -0.39 is 0 Å². The minimum Gasteiger partial charge on any atom is -0.341 e. The van der Waals surface area contributed by atoms with E-state index >= 15 is 0 Å². The Bertz CT molecular complexity index is 426. The number of aromatic nitrogens is 2. The predicted molar refractivity (Wildman–Crippen MR) is 78.6 cm³/mol. The zero-order valence-electron chi connectivity index (χ0n) is 12.2. The van der Waals surface area contributed by atoms with E-state index in [0.717, 1.165) is 31.4 Å². The third-order valence-electron chi connectivity index (χ3n) is 4.43. The maximum Gasteiger partial charge on any atom is 0.205 e. The molecule has 1 aromatic heterocycles. The number of anilines is 1. The van der Waals surface area contributed by atoms with Crippen LogP contribution < -0.4 is 10.2 Å². The molecule has 1 aromatic rings. The van der Waals surface area contributed by atoms with Crippen molar-refractivity contribution < 1.29 is 0 Å². The van der Waals surface area contributed by atoms with Gasteiger partial charge in [0.05, 0.1) is 5.69 Å². The second-order valence-corrected chi connectivity index (χ2v) is 6.10. The van der Waals surface area contributed by atoms with Gasteiger partial charge < -0.3 is 14.8 Å². The maximum atomic E-state index is 4.77. The van der Waals surface area contributed by atoms with E-state index in [1.54, 1.807) is 0 Å². The van der Waals surface area contributed by atoms with Crippen LogP contribution in [0.2, 0.25) is 0 Å². The van der Waals surface area contributed by atoms with Crippen LogP contribution in [0, 0.1) is 6.92 Å². The Morgan fingerprint density at radius 2 is 2.16 bits per heavy atom. The molecule has 0 aromatic carbocycles. The average molecular weight is 262 g/mol. The van der Waals surface area contributed by atoms with Gasteiger partial charge >= 0.3 is 0 Å². The highest BCUT2D eigenvalue weighted by Crippen LogP contribution is 2.24. The molecule has 4 heteroatoms. The third-order valence-corrected chi connectivity index (χ3v) is 4.43. The van der Waals surface area contributed by atoms with Gasteiger partial charge in [0, 0.05) is 37.9 Å². The topological polar surface area (TPSA) is 33.1 Å². The summed E-state index contributed by atoms with van der Waals surface area (Å²) in [6.45, 7) is 7.73. The minimum absolute atomic E-state index is 0.670. The van der Waals surface area contributed by atoms with E-state index in [2.05, 4.69) is 34.8 Å². The molecule has 19 heavy (non-hydrogen) atoms. The van der Waals surface area contributed by atoms with Crippen LogP contribution in [-0.2, 0) is 6.54 Å². The molecule has 2 saturated heterocycles. The first kappa shape index (κ1) is 13.0. The van der Waals surface area contributed by atoms with Gasteiger partial charge in [0.1, 0.15) is 0 Å². The number of nitrogens with one attached hydrogen (secondary N) is 1. The summed E-state index contributed by atoms with van der Waals surface area (Å²) in [6.07, 6.45) is 8.64. The molecule has 2 aliphatic rings. The number of rotatable bonds is 4. The first-order valence-corrected chi connectivity index (χ1v) is 7.81. The van der Waals surface area contributed by atoms with Gasteiger partial charge in [-0.3, -0.25) is 0 Å². The predicted octanol–water partition coefficient (Wildman–Crippen LogP) is 2.32. The fraction of sp³-hybridized carbons (Fsp3) is 0.800. The molecule has 2 unspecified atom stereocenters. The summed E-state index contributed by atoms with van der Waals surface area (Å²) >= 11 is 0. The Kier molecular flexibility index (Phi) is 3.78. The second kappa shape index (κ2) is 5.53. The second-order valence-electron chi connectivity index (χ2n) is 6.10. The van der Waals surface area contributed by atoms with Crippen molar-refractivity contribution in [3.05, 3.63) is 11.9 Å². The lowest BCUT2D eigenvalue weighted by Gasteiger charge is -2.26. The molecule has 2 atom stereocenters. The number of hydrogen-bond donors (Lipinski definition) is 1. The number of aryl methyl sites for hydroxylation is 2. The Labute approximate surface area is 116 Å². The normalized spacial score (nSPS) is 26.7. The van der Waals surface area contributed by atoms with Gasteiger partial charge in [-0.05, 0) is 32.6 Å². The van der Waals surface area contributed by atoms with Crippen LogP contribution in [0.15, 0.2) is 6.20 Å². The van der Waals surface area contributed by atoms with Crippen molar-refractivity contribution in [1.29, 1.82) is 0 Å². The summed E-state index contributed by atoms with van der Waals surface area (Å²) in [5.74, 6) is 1.19. The number of unbranched alkanes of at least 4 members (excludes halogenated alkanes) is 1. The summed E-state index contributed by atoms with van der Waals surface area (Å²) < 4.78 is 2.36. The quantitative estimate of drug-likeness (QED) is 0.904. The highest BCUT2D eigenvalue weighted by atomic mass is 15.3. The number of nitrogens with zero attached hydrogens (tertiary/aromatic N) is 3. The van der Waals surface area contributed by atoms with E-state index in [4.69, 9.17) is 4.98 Å². The number of imidazole rings is 1. The first-order valence-electron chi connectivity index (χ1n) is 7.81. The summed E-state index contributed by atoms with van der Waals surface area (Å²) in [7, 11) is 0. The lowest BCUT2D eigenvalue weighted by Crippen LogP contribution is -2.36. The van der Waals surface area contributed by atoms with Crippen molar-refractivity contribution in [3.63, 3.8) is 0 Å². The van der Waals surface area contributed by atoms with E-state index in [9.17, 15) is 0 Å². The molecule has 0 radical (unpaired) electrons. The maximum absolute atomic E-state index is 4.77. The van der Waals surface area contributed by atoms with E-state index in [-0.39, 0.29) is 0 Å². The van der Waals surface area contributed by atoms with E-state index in [1.165, 1.54) is 38.1 Å². The molecular weight excluding hydrogens is 236 g/mol. The molecule has 2 fully saturated rings. The third kappa shape index (κ3) is 2.78. The van der Waals surface area contributed by atoms with Crippen LogP contribution in [0.1, 0.15) is 44.7 Å². The van der Waals surface area contributed by atoms with Crippen molar-refractivity contribution in [2.45, 2.75) is 64.6 Å².